The van der Waals surface area contributed by atoms with Gasteiger partial charge in [-0.25, -0.2) is 0 Å². The van der Waals surface area contributed by atoms with Crippen LogP contribution in [0.15, 0.2) is 0 Å². The van der Waals surface area contributed by atoms with E-state index >= 15 is 0 Å². The van der Waals surface area contributed by atoms with Gasteiger partial charge < -0.3 is 4.74 Å². The van der Waals surface area contributed by atoms with Gasteiger partial charge in [0.1, 0.15) is 6.04 Å². The van der Waals surface area contributed by atoms with Crippen LogP contribution in [-0.4, -0.2) is 37.6 Å². The number of methoxy groups -OCH3 is 1. The highest BCUT2D eigenvalue weighted by atomic mass is 16.5. The smallest absolute Gasteiger partial charge is 0.323 e. The Kier molecular flexibility index (Phi) is 2.49. The number of hydrogen-bond donors (Lipinski definition) is 0. The van der Waals surface area contributed by atoms with Crippen molar-refractivity contribution in [2.75, 3.05) is 20.7 Å². The summed E-state index contributed by atoms with van der Waals surface area (Å²) in [5.41, 5.74) is 0. The highest BCUT2D eigenvalue weighted by Crippen LogP contribution is 2.21. The lowest BCUT2D eigenvalue weighted by Crippen LogP contribution is -2.33. The Morgan fingerprint density at radius 1 is 1.64 bits per heavy atom. The lowest BCUT2D eigenvalue weighted by Gasteiger charge is -2.15. The first kappa shape index (κ1) is 8.53. The summed E-state index contributed by atoms with van der Waals surface area (Å²) in [5.74, 6) is 0.515. The number of likely N-dealkylation sites (N-methyl/N-ethyl adjacent to an activating group) is 1. The van der Waals surface area contributed by atoms with Crippen molar-refractivity contribution in [1.82, 2.24) is 4.90 Å². The third-order valence-electron chi connectivity index (χ3n) is 2.23. The number of carbonyl (C=O) groups is 1. The summed E-state index contributed by atoms with van der Waals surface area (Å²) in [6.07, 6.45) is 0.934. The molecule has 1 fully saturated rings. The first-order valence-electron chi connectivity index (χ1n) is 3.93. The van der Waals surface area contributed by atoms with Crippen molar-refractivity contribution < 1.29 is 9.53 Å². The maximum absolute atomic E-state index is 11.1. The summed E-state index contributed by atoms with van der Waals surface area (Å²) in [6, 6.07) is -0.00463. The van der Waals surface area contributed by atoms with Crippen molar-refractivity contribution in [2.24, 2.45) is 5.92 Å². The molecule has 1 rings (SSSR count). The summed E-state index contributed by atoms with van der Waals surface area (Å²) in [4.78, 5) is 13.2. The molecule has 1 aliphatic rings. The maximum Gasteiger partial charge on any atom is 0.323 e. The van der Waals surface area contributed by atoms with E-state index in [0.717, 1.165) is 13.0 Å². The molecule has 0 aromatic rings. The Balaban J connectivity index is 2.52. The van der Waals surface area contributed by atoms with Gasteiger partial charge in [-0.1, -0.05) is 6.92 Å². The van der Waals surface area contributed by atoms with Crippen LogP contribution >= 0.6 is 0 Å². The van der Waals surface area contributed by atoms with Crippen LogP contribution in [0.25, 0.3) is 0 Å². The summed E-state index contributed by atoms with van der Waals surface area (Å²) in [6.45, 7) is 3.15. The molecule has 3 heteroatoms. The predicted molar refractivity (Wildman–Crippen MR) is 42.2 cm³/mol. The molecule has 0 aromatic carbocycles. The standard InChI is InChI=1S/C8H15NO2/c1-6-4-7(8(10)11-3)9(2)5-6/h6-7H,4-5H2,1-3H3. The summed E-state index contributed by atoms with van der Waals surface area (Å²) >= 11 is 0. The van der Waals surface area contributed by atoms with Crippen molar-refractivity contribution in [3.8, 4) is 0 Å². The minimum atomic E-state index is -0.100. The fraction of sp³-hybridized carbons (Fsp3) is 0.875. The van der Waals surface area contributed by atoms with Crippen LogP contribution in [0, 0.1) is 5.92 Å². The molecule has 1 heterocycles. The van der Waals surface area contributed by atoms with E-state index in [9.17, 15) is 4.79 Å². The quantitative estimate of drug-likeness (QED) is 0.519. The van der Waals surface area contributed by atoms with E-state index < -0.39 is 0 Å². The molecule has 0 spiro atoms. The molecule has 1 saturated heterocycles. The summed E-state index contributed by atoms with van der Waals surface area (Å²) < 4.78 is 4.67. The molecule has 2 unspecified atom stereocenters. The molecule has 0 amide bonds. The highest BCUT2D eigenvalue weighted by Gasteiger charge is 2.32. The van der Waals surface area contributed by atoms with Crippen molar-refractivity contribution in [3.05, 3.63) is 0 Å². The second-order valence-electron chi connectivity index (χ2n) is 3.32. The SMILES string of the molecule is COC(=O)C1CC(C)CN1C. The monoisotopic (exact) mass is 157 g/mol. The highest BCUT2D eigenvalue weighted by molar-refractivity contribution is 5.75. The third-order valence-corrected chi connectivity index (χ3v) is 2.23. The normalized spacial score (nSPS) is 32.3. The predicted octanol–water partition coefficient (Wildman–Crippen LogP) is 0.500. The summed E-state index contributed by atoms with van der Waals surface area (Å²) in [5, 5.41) is 0. The number of likely N-dealkylation sites (tertiary alicyclic amines) is 1. The molecule has 2 atom stereocenters. The van der Waals surface area contributed by atoms with Crippen molar-refractivity contribution in [2.45, 2.75) is 19.4 Å². The summed E-state index contributed by atoms with van der Waals surface area (Å²) in [7, 11) is 3.41. The molecule has 0 saturated carbocycles. The van der Waals surface area contributed by atoms with E-state index in [2.05, 4.69) is 16.6 Å². The van der Waals surface area contributed by atoms with Gasteiger partial charge >= 0.3 is 5.97 Å². The van der Waals surface area contributed by atoms with Crippen LogP contribution in [0.2, 0.25) is 0 Å². The number of hydrogen-bond acceptors (Lipinski definition) is 3. The maximum atomic E-state index is 11.1. The molecule has 0 radical (unpaired) electrons. The number of esters is 1. The largest absolute Gasteiger partial charge is 0.468 e. The molecule has 64 valence electrons. The topological polar surface area (TPSA) is 29.5 Å². The van der Waals surface area contributed by atoms with E-state index in [1.54, 1.807) is 0 Å². The van der Waals surface area contributed by atoms with Gasteiger partial charge in [-0.05, 0) is 19.4 Å². The van der Waals surface area contributed by atoms with E-state index in [1.807, 2.05) is 7.05 Å². The second-order valence-corrected chi connectivity index (χ2v) is 3.32. The molecule has 1 aliphatic heterocycles. The van der Waals surface area contributed by atoms with Gasteiger partial charge in [-0.2, -0.15) is 0 Å². The Morgan fingerprint density at radius 2 is 2.27 bits per heavy atom. The Labute approximate surface area is 67.3 Å². The molecule has 0 aromatic heterocycles. The van der Waals surface area contributed by atoms with Gasteiger partial charge in [-0.15, -0.1) is 0 Å². The first-order valence-corrected chi connectivity index (χ1v) is 3.93. The van der Waals surface area contributed by atoms with Crippen molar-refractivity contribution in [3.63, 3.8) is 0 Å². The first-order chi connectivity index (χ1) is 5.15. The lowest BCUT2D eigenvalue weighted by molar-refractivity contribution is -0.145. The zero-order valence-corrected chi connectivity index (χ0v) is 7.33. The van der Waals surface area contributed by atoms with Crippen LogP contribution in [0.1, 0.15) is 13.3 Å². The third kappa shape index (κ3) is 1.71. The Morgan fingerprint density at radius 3 is 2.64 bits per heavy atom. The molecule has 11 heavy (non-hydrogen) atoms. The molecular weight excluding hydrogens is 142 g/mol. The number of ether oxygens (including phenoxy) is 1. The minimum Gasteiger partial charge on any atom is -0.468 e. The van der Waals surface area contributed by atoms with Gasteiger partial charge in [-0.3, -0.25) is 9.69 Å². The number of carbonyl (C=O) groups excluding carboxylic acids is 1. The van der Waals surface area contributed by atoms with Gasteiger partial charge in [0, 0.05) is 6.54 Å². The average molecular weight is 157 g/mol. The van der Waals surface area contributed by atoms with E-state index in [-0.39, 0.29) is 12.0 Å². The molecule has 0 bridgehead atoms. The van der Waals surface area contributed by atoms with Crippen LogP contribution in [0.3, 0.4) is 0 Å². The molecule has 0 aliphatic carbocycles. The fourth-order valence-electron chi connectivity index (χ4n) is 1.67. The van der Waals surface area contributed by atoms with Gasteiger partial charge in [0.2, 0.25) is 0 Å². The van der Waals surface area contributed by atoms with Gasteiger partial charge in [0.05, 0.1) is 7.11 Å². The average Bonchev–Trinajstić information content (AvgIpc) is 2.28. The van der Waals surface area contributed by atoms with Crippen LogP contribution in [0.4, 0.5) is 0 Å². The molecule has 3 nitrogen and oxygen atoms in total. The Bertz CT molecular complexity index is 158. The zero-order valence-electron chi connectivity index (χ0n) is 7.33. The van der Waals surface area contributed by atoms with E-state index in [4.69, 9.17) is 0 Å². The van der Waals surface area contributed by atoms with Crippen molar-refractivity contribution >= 4 is 5.97 Å². The van der Waals surface area contributed by atoms with Gasteiger partial charge in [0.25, 0.3) is 0 Å². The van der Waals surface area contributed by atoms with E-state index in [1.165, 1.54) is 7.11 Å². The zero-order chi connectivity index (χ0) is 8.43. The lowest BCUT2D eigenvalue weighted by atomic mass is 10.1. The second kappa shape index (κ2) is 3.22. The van der Waals surface area contributed by atoms with Crippen LogP contribution in [-0.2, 0) is 9.53 Å². The minimum absolute atomic E-state index is 0.00463. The van der Waals surface area contributed by atoms with Gasteiger partial charge in [0.15, 0.2) is 0 Å². The number of rotatable bonds is 1. The fourth-order valence-corrected chi connectivity index (χ4v) is 1.67. The Hall–Kier alpha value is -0.570. The van der Waals surface area contributed by atoms with Crippen LogP contribution < -0.4 is 0 Å². The molecular formula is C8H15NO2. The van der Waals surface area contributed by atoms with E-state index in [0.29, 0.717) is 5.92 Å². The number of nitrogens with zero attached hydrogens (tertiary/aromatic N) is 1. The van der Waals surface area contributed by atoms with Crippen molar-refractivity contribution in [1.29, 1.82) is 0 Å². The molecule has 0 N–H and O–H groups in total. The van der Waals surface area contributed by atoms with Crippen LogP contribution in [0.5, 0.6) is 0 Å².